The van der Waals surface area contributed by atoms with Crippen molar-refractivity contribution in [2.45, 2.75) is 38.3 Å². The predicted molar refractivity (Wildman–Crippen MR) is 81.2 cm³/mol. The number of hydrogen-bond donors (Lipinski definition) is 3. The molecule has 1 fully saturated rings. The van der Waals surface area contributed by atoms with Crippen LogP contribution in [0.1, 0.15) is 26.2 Å². The summed E-state index contributed by atoms with van der Waals surface area (Å²) in [5.41, 5.74) is 0. The van der Waals surface area contributed by atoms with Gasteiger partial charge < -0.3 is 20.6 Å². The minimum Gasteiger partial charge on any atom is -0.480 e. The van der Waals surface area contributed by atoms with E-state index in [1.807, 2.05) is 13.2 Å². The number of carbonyl (C=O) groups is 2. The van der Waals surface area contributed by atoms with Crippen molar-refractivity contribution < 1.29 is 14.7 Å². The van der Waals surface area contributed by atoms with Crippen LogP contribution in [0.2, 0.25) is 0 Å². The molecule has 2 amide bonds. The van der Waals surface area contributed by atoms with Crippen molar-refractivity contribution in [1.29, 1.82) is 0 Å². The van der Waals surface area contributed by atoms with Gasteiger partial charge in [0.15, 0.2) is 0 Å². The van der Waals surface area contributed by atoms with Crippen molar-refractivity contribution in [3.05, 3.63) is 0 Å². The molecule has 0 aromatic carbocycles. The number of carboxylic acids is 1. The van der Waals surface area contributed by atoms with Gasteiger partial charge in [-0.2, -0.15) is 11.8 Å². The van der Waals surface area contributed by atoms with E-state index in [0.717, 1.165) is 31.7 Å². The van der Waals surface area contributed by atoms with Crippen molar-refractivity contribution in [3.63, 3.8) is 0 Å². The summed E-state index contributed by atoms with van der Waals surface area (Å²) in [6, 6.07) is -0.852. The zero-order valence-electron chi connectivity index (χ0n) is 12.2. The minimum absolute atomic E-state index is 0.205. The monoisotopic (exact) mass is 303 g/mol. The number of nitrogens with one attached hydrogen (secondary N) is 2. The molecule has 0 aromatic rings. The number of carbonyl (C=O) groups excluding carboxylic acids is 1. The summed E-state index contributed by atoms with van der Waals surface area (Å²) in [5, 5.41) is 15.1. The number of amides is 2. The van der Waals surface area contributed by atoms with Crippen LogP contribution in [-0.4, -0.2) is 65.7 Å². The number of carboxylic acid groups (broad SMARTS) is 1. The molecule has 1 aliphatic rings. The molecule has 0 spiro atoms. The van der Waals surface area contributed by atoms with Crippen LogP contribution in [-0.2, 0) is 4.79 Å². The minimum atomic E-state index is -0.964. The fraction of sp³-hybridized carbons (Fsp3) is 0.846. The van der Waals surface area contributed by atoms with Crippen LogP contribution in [0.4, 0.5) is 4.79 Å². The lowest BCUT2D eigenvalue weighted by Gasteiger charge is -2.34. The van der Waals surface area contributed by atoms with Gasteiger partial charge in [0.2, 0.25) is 0 Å². The van der Waals surface area contributed by atoms with Gasteiger partial charge in [0.05, 0.1) is 0 Å². The van der Waals surface area contributed by atoms with Crippen molar-refractivity contribution in [1.82, 2.24) is 15.5 Å². The number of urea groups is 1. The number of nitrogens with zero attached hydrogens (tertiary/aromatic N) is 1. The highest BCUT2D eigenvalue weighted by Crippen LogP contribution is 2.12. The average molecular weight is 303 g/mol. The summed E-state index contributed by atoms with van der Waals surface area (Å²) in [5.74, 6) is -0.245. The summed E-state index contributed by atoms with van der Waals surface area (Å²) in [4.78, 5) is 25.2. The third-order valence-electron chi connectivity index (χ3n) is 3.56. The van der Waals surface area contributed by atoms with Gasteiger partial charge in [-0.15, -0.1) is 0 Å². The largest absolute Gasteiger partial charge is 0.480 e. The molecular formula is C13H25N3O3S. The summed E-state index contributed by atoms with van der Waals surface area (Å²) >= 11 is 1.58. The van der Waals surface area contributed by atoms with Gasteiger partial charge in [-0.1, -0.05) is 0 Å². The zero-order valence-corrected chi connectivity index (χ0v) is 13.0. The molecular weight excluding hydrogens is 278 g/mol. The number of piperidine rings is 1. The van der Waals surface area contributed by atoms with E-state index in [2.05, 4.69) is 10.6 Å². The molecule has 1 atom stereocenters. The normalized spacial score (nSPS) is 17.5. The van der Waals surface area contributed by atoms with Crippen LogP contribution in [0.3, 0.4) is 0 Å². The van der Waals surface area contributed by atoms with Gasteiger partial charge in [0.25, 0.3) is 0 Å². The van der Waals surface area contributed by atoms with Gasteiger partial charge in [-0.05, 0) is 51.3 Å². The fourth-order valence-electron chi connectivity index (χ4n) is 2.41. The maximum absolute atomic E-state index is 12.3. The van der Waals surface area contributed by atoms with Gasteiger partial charge in [-0.25, -0.2) is 9.59 Å². The fourth-order valence-corrected chi connectivity index (χ4v) is 2.88. The lowest BCUT2D eigenvalue weighted by molar-refractivity contribution is -0.139. The first-order chi connectivity index (χ1) is 9.60. The standard InChI is InChI=1S/C13H25N3O3S/c1-3-16(10-4-7-14-8-5-10)13(19)15-11(12(17)18)6-9-20-2/h10-11,14H,3-9H2,1-2H3,(H,15,19)(H,17,18)/t11-/m1/s1. The second-order valence-electron chi connectivity index (χ2n) is 4.89. The van der Waals surface area contributed by atoms with E-state index < -0.39 is 12.0 Å². The molecule has 116 valence electrons. The smallest absolute Gasteiger partial charge is 0.326 e. The Morgan fingerprint density at radius 2 is 2.10 bits per heavy atom. The van der Waals surface area contributed by atoms with Crippen LogP contribution < -0.4 is 10.6 Å². The van der Waals surface area contributed by atoms with Crippen molar-refractivity contribution >= 4 is 23.8 Å². The maximum atomic E-state index is 12.3. The Hall–Kier alpha value is -0.950. The second kappa shape index (κ2) is 9.07. The number of hydrogen-bond acceptors (Lipinski definition) is 4. The van der Waals surface area contributed by atoms with Gasteiger partial charge in [0, 0.05) is 12.6 Å². The second-order valence-corrected chi connectivity index (χ2v) is 5.87. The Morgan fingerprint density at radius 1 is 1.45 bits per heavy atom. The van der Waals surface area contributed by atoms with Crippen LogP contribution in [0.25, 0.3) is 0 Å². The molecule has 0 radical (unpaired) electrons. The van der Waals surface area contributed by atoms with Crippen LogP contribution in [0.15, 0.2) is 0 Å². The first kappa shape index (κ1) is 17.1. The highest BCUT2D eigenvalue weighted by molar-refractivity contribution is 7.98. The van der Waals surface area contributed by atoms with Crippen molar-refractivity contribution in [2.75, 3.05) is 31.6 Å². The first-order valence-corrected chi connectivity index (χ1v) is 8.49. The molecule has 0 saturated carbocycles. The lowest BCUT2D eigenvalue weighted by Crippen LogP contribution is -2.53. The Bertz CT molecular complexity index is 322. The number of thioether (sulfide) groups is 1. The Labute approximate surface area is 124 Å². The molecule has 3 N–H and O–H groups in total. The van der Waals surface area contributed by atoms with Gasteiger partial charge in [-0.3, -0.25) is 0 Å². The van der Waals surface area contributed by atoms with E-state index >= 15 is 0 Å². The van der Waals surface area contributed by atoms with Crippen LogP contribution >= 0.6 is 11.8 Å². The molecule has 1 saturated heterocycles. The van der Waals surface area contributed by atoms with E-state index in [1.54, 1.807) is 16.7 Å². The van der Waals surface area contributed by atoms with Gasteiger partial charge in [0.1, 0.15) is 6.04 Å². The lowest BCUT2D eigenvalue weighted by atomic mass is 10.1. The summed E-state index contributed by atoms with van der Waals surface area (Å²) in [6.07, 6.45) is 4.22. The predicted octanol–water partition coefficient (Wildman–Crippen LogP) is 0.976. The Kier molecular flexibility index (Phi) is 7.76. The highest BCUT2D eigenvalue weighted by Gasteiger charge is 2.27. The van der Waals surface area contributed by atoms with E-state index in [1.165, 1.54) is 0 Å². The van der Waals surface area contributed by atoms with E-state index in [-0.39, 0.29) is 12.1 Å². The van der Waals surface area contributed by atoms with Crippen LogP contribution in [0, 0.1) is 0 Å². The number of aliphatic carboxylic acids is 1. The number of rotatable bonds is 7. The zero-order chi connectivity index (χ0) is 15.0. The third kappa shape index (κ3) is 5.20. The first-order valence-electron chi connectivity index (χ1n) is 7.09. The molecule has 6 nitrogen and oxygen atoms in total. The van der Waals surface area contributed by atoms with Crippen LogP contribution in [0.5, 0.6) is 0 Å². The molecule has 0 aromatic heterocycles. The quantitative estimate of drug-likeness (QED) is 0.653. The molecule has 20 heavy (non-hydrogen) atoms. The maximum Gasteiger partial charge on any atom is 0.326 e. The highest BCUT2D eigenvalue weighted by atomic mass is 32.2. The molecule has 0 aliphatic carbocycles. The molecule has 0 bridgehead atoms. The van der Waals surface area contributed by atoms with E-state index in [0.29, 0.717) is 13.0 Å². The SMILES string of the molecule is CCN(C(=O)N[C@H](CCSC)C(=O)O)C1CCNCC1. The van der Waals surface area contributed by atoms with Crippen molar-refractivity contribution in [2.24, 2.45) is 0 Å². The van der Waals surface area contributed by atoms with E-state index in [9.17, 15) is 9.59 Å². The summed E-state index contributed by atoms with van der Waals surface area (Å²) in [7, 11) is 0. The van der Waals surface area contributed by atoms with E-state index in [4.69, 9.17) is 5.11 Å². The Balaban J connectivity index is 2.57. The van der Waals surface area contributed by atoms with Crippen molar-refractivity contribution in [3.8, 4) is 0 Å². The molecule has 0 unspecified atom stereocenters. The molecule has 1 heterocycles. The molecule has 7 heteroatoms. The third-order valence-corrected chi connectivity index (χ3v) is 4.20. The summed E-state index contributed by atoms with van der Waals surface area (Å²) < 4.78 is 0. The molecule has 1 rings (SSSR count). The molecule has 1 aliphatic heterocycles. The topological polar surface area (TPSA) is 81.7 Å². The van der Waals surface area contributed by atoms with Gasteiger partial charge >= 0.3 is 12.0 Å². The average Bonchev–Trinajstić information content (AvgIpc) is 2.45. The Morgan fingerprint density at radius 3 is 2.60 bits per heavy atom. The summed E-state index contributed by atoms with van der Waals surface area (Å²) in [6.45, 7) is 4.34.